The Kier molecular flexibility index (Phi) is 8.48. The monoisotopic (exact) mass is 551 g/mol. The van der Waals surface area contributed by atoms with Gasteiger partial charge in [0, 0.05) is 31.7 Å². The number of ether oxygens (including phenoxy) is 1. The van der Waals surface area contributed by atoms with Gasteiger partial charge >= 0.3 is 6.09 Å². The molecular weight excluding hydrogens is 519 g/mol. The molecule has 1 saturated heterocycles. The minimum atomic E-state index is -0.562. The molecule has 0 aromatic heterocycles. The van der Waals surface area contributed by atoms with Gasteiger partial charge in [-0.25, -0.2) is 13.6 Å². The predicted octanol–water partition coefficient (Wildman–Crippen LogP) is 3.07. The average molecular weight is 551 g/mol. The predicted molar refractivity (Wildman–Crippen MR) is 127 cm³/mol. The van der Waals surface area contributed by atoms with E-state index in [2.05, 4.69) is 15.2 Å². The van der Waals surface area contributed by atoms with Gasteiger partial charge in [0.1, 0.15) is 17.2 Å². The van der Waals surface area contributed by atoms with Crippen LogP contribution in [0.1, 0.15) is 32.4 Å². The first-order valence-corrected chi connectivity index (χ1v) is 10.2. The number of rotatable bonds is 4. The number of nitrogens with zero attached hydrogens (tertiary/aromatic N) is 4. The number of carbonyl (C=O) groups excluding carboxylic acids is 1. The summed E-state index contributed by atoms with van der Waals surface area (Å²) in [7, 11) is 3.58. The van der Waals surface area contributed by atoms with Gasteiger partial charge in [-0.2, -0.15) is 0 Å². The van der Waals surface area contributed by atoms with Crippen LogP contribution in [0, 0.1) is 11.6 Å². The first kappa shape index (κ1) is 25.6. The molecule has 0 bridgehead atoms. The van der Waals surface area contributed by atoms with E-state index < -0.39 is 23.3 Å². The molecule has 2 aliphatic rings. The average Bonchev–Trinajstić information content (AvgIpc) is 3.04. The number of carbonyl (C=O) groups is 1. The van der Waals surface area contributed by atoms with Gasteiger partial charge in [-0.05, 0) is 47.0 Å². The third-order valence-electron chi connectivity index (χ3n) is 5.27. The van der Waals surface area contributed by atoms with Gasteiger partial charge in [-0.15, -0.1) is 24.0 Å². The van der Waals surface area contributed by atoms with Gasteiger partial charge < -0.3 is 24.8 Å². The maximum absolute atomic E-state index is 14.3. The van der Waals surface area contributed by atoms with E-state index in [0.29, 0.717) is 38.7 Å². The summed E-state index contributed by atoms with van der Waals surface area (Å²) in [5.74, 6) is -0.423. The normalized spacial score (nSPS) is 19.5. The summed E-state index contributed by atoms with van der Waals surface area (Å²) >= 11 is 0. The number of fused-ring (bicyclic) bond motifs is 1. The number of piperazine rings is 1. The molecule has 3 rings (SSSR count). The van der Waals surface area contributed by atoms with E-state index in [1.54, 1.807) is 23.9 Å². The third kappa shape index (κ3) is 6.18. The zero-order valence-corrected chi connectivity index (χ0v) is 21.0. The van der Waals surface area contributed by atoms with Crippen molar-refractivity contribution in [2.24, 2.45) is 4.99 Å². The van der Waals surface area contributed by atoms with Crippen LogP contribution in [-0.2, 0) is 4.74 Å². The van der Waals surface area contributed by atoms with Crippen LogP contribution in [0.25, 0.3) is 0 Å². The number of guanidine groups is 1. The first-order chi connectivity index (χ1) is 14.1. The molecule has 1 fully saturated rings. The SMILES string of the molecule is CN(C)C(CNC1=NCC2CN(C(=O)OC(C)(C)C)CCN12)c1c(F)cccc1F.I. The van der Waals surface area contributed by atoms with Crippen LogP contribution in [0.3, 0.4) is 0 Å². The molecule has 0 aliphatic carbocycles. The third-order valence-corrected chi connectivity index (χ3v) is 5.27. The second kappa shape index (κ2) is 10.3. The van der Waals surface area contributed by atoms with E-state index in [1.807, 2.05) is 20.8 Å². The summed E-state index contributed by atoms with van der Waals surface area (Å²) in [4.78, 5) is 22.5. The van der Waals surface area contributed by atoms with Crippen LogP contribution in [0.4, 0.5) is 13.6 Å². The number of likely N-dealkylation sites (N-methyl/N-ethyl adjacent to an activating group) is 1. The lowest BCUT2D eigenvalue weighted by Crippen LogP contribution is -2.58. The molecule has 1 aromatic rings. The lowest BCUT2D eigenvalue weighted by atomic mass is 10.0. The van der Waals surface area contributed by atoms with Gasteiger partial charge in [-0.3, -0.25) is 4.99 Å². The molecular formula is C21H32F2IN5O2. The lowest BCUT2D eigenvalue weighted by Gasteiger charge is -2.39. The Balaban J connectivity index is 0.00000341. The summed E-state index contributed by atoms with van der Waals surface area (Å²) < 4.78 is 34.0. The highest BCUT2D eigenvalue weighted by Gasteiger charge is 2.36. The first-order valence-electron chi connectivity index (χ1n) is 10.2. The largest absolute Gasteiger partial charge is 0.444 e. The van der Waals surface area contributed by atoms with Crippen molar-refractivity contribution in [1.82, 2.24) is 20.0 Å². The maximum atomic E-state index is 14.3. The molecule has 0 saturated carbocycles. The van der Waals surface area contributed by atoms with E-state index in [-0.39, 0.29) is 41.7 Å². The molecule has 0 radical (unpaired) electrons. The fourth-order valence-corrected chi connectivity index (χ4v) is 3.78. The van der Waals surface area contributed by atoms with Crippen molar-refractivity contribution in [1.29, 1.82) is 0 Å². The van der Waals surface area contributed by atoms with Crippen molar-refractivity contribution in [3.8, 4) is 0 Å². The highest BCUT2D eigenvalue weighted by atomic mass is 127. The number of hydrogen-bond donors (Lipinski definition) is 1. The summed E-state index contributed by atoms with van der Waals surface area (Å²) in [6, 6.07) is 3.49. The second-order valence-corrected chi connectivity index (χ2v) is 8.93. The van der Waals surface area contributed by atoms with Crippen LogP contribution in [-0.4, -0.2) is 85.2 Å². The van der Waals surface area contributed by atoms with Crippen LogP contribution in [0.15, 0.2) is 23.2 Å². The topological polar surface area (TPSA) is 60.4 Å². The summed E-state index contributed by atoms with van der Waals surface area (Å²) in [6.45, 7) is 8.10. The molecule has 174 valence electrons. The number of halogens is 3. The Bertz CT molecular complexity index is 795. The van der Waals surface area contributed by atoms with Gasteiger partial charge in [0.25, 0.3) is 0 Å². The van der Waals surface area contributed by atoms with Crippen LogP contribution in [0.5, 0.6) is 0 Å². The number of benzene rings is 1. The van der Waals surface area contributed by atoms with Crippen LogP contribution in [0.2, 0.25) is 0 Å². The molecule has 1 N–H and O–H groups in total. The minimum absolute atomic E-state index is 0. The Morgan fingerprint density at radius 2 is 1.94 bits per heavy atom. The van der Waals surface area contributed by atoms with Crippen LogP contribution >= 0.6 is 24.0 Å². The molecule has 10 heteroatoms. The smallest absolute Gasteiger partial charge is 0.410 e. The van der Waals surface area contributed by atoms with Crippen molar-refractivity contribution in [2.45, 2.75) is 38.5 Å². The van der Waals surface area contributed by atoms with Crippen molar-refractivity contribution < 1.29 is 18.3 Å². The molecule has 2 heterocycles. The van der Waals surface area contributed by atoms with E-state index in [4.69, 9.17) is 4.74 Å². The Hall–Kier alpha value is -1.69. The molecule has 1 aromatic carbocycles. The van der Waals surface area contributed by atoms with E-state index >= 15 is 0 Å². The summed E-state index contributed by atoms with van der Waals surface area (Å²) in [5, 5.41) is 3.26. The molecule has 1 amide bonds. The number of nitrogens with one attached hydrogen (secondary N) is 1. The van der Waals surface area contributed by atoms with Crippen molar-refractivity contribution >= 4 is 36.0 Å². The Morgan fingerprint density at radius 3 is 2.52 bits per heavy atom. The zero-order valence-electron chi connectivity index (χ0n) is 18.7. The zero-order chi connectivity index (χ0) is 22.1. The molecule has 2 aliphatic heterocycles. The van der Waals surface area contributed by atoms with Gasteiger partial charge in [0.05, 0.1) is 18.6 Å². The molecule has 31 heavy (non-hydrogen) atoms. The number of aliphatic imine (C=N–C) groups is 1. The van der Waals surface area contributed by atoms with E-state index in [0.717, 1.165) is 0 Å². The van der Waals surface area contributed by atoms with Crippen molar-refractivity contribution in [3.63, 3.8) is 0 Å². The van der Waals surface area contributed by atoms with E-state index in [1.165, 1.54) is 18.2 Å². The molecule has 0 spiro atoms. The summed E-state index contributed by atoms with van der Waals surface area (Å²) in [6.07, 6.45) is -0.314. The second-order valence-electron chi connectivity index (χ2n) is 8.93. The van der Waals surface area contributed by atoms with Crippen molar-refractivity contribution in [3.05, 3.63) is 35.4 Å². The van der Waals surface area contributed by atoms with E-state index in [9.17, 15) is 13.6 Å². The molecule has 2 atom stereocenters. The lowest BCUT2D eigenvalue weighted by molar-refractivity contribution is 0.0137. The number of hydrogen-bond acceptors (Lipinski definition) is 6. The quantitative estimate of drug-likeness (QED) is 0.584. The van der Waals surface area contributed by atoms with Gasteiger partial charge in [-0.1, -0.05) is 6.07 Å². The minimum Gasteiger partial charge on any atom is -0.444 e. The number of amides is 1. The van der Waals surface area contributed by atoms with Crippen molar-refractivity contribution in [2.75, 3.05) is 46.8 Å². The molecule has 2 unspecified atom stereocenters. The maximum Gasteiger partial charge on any atom is 0.410 e. The fraction of sp³-hybridized carbons (Fsp3) is 0.619. The highest BCUT2D eigenvalue weighted by molar-refractivity contribution is 14.0. The highest BCUT2D eigenvalue weighted by Crippen LogP contribution is 2.25. The standard InChI is InChI=1S/C21H31F2N5O2.HI/c1-21(2,3)30-20(29)27-9-10-28-14(13-27)11-24-19(28)25-12-17(26(4)5)18-15(22)7-6-8-16(18)23;/h6-8,14,17H,9-13H2,1-5H3,(H,24,25);1H. The van der Waals surface area contributed by atoms with Gasteiger partial charge in [0.2, 0.25) is 0 Å². The van der Waals surface area contributed by atoms with Crippen LogP contribution < -0.4 is 5.32 Å². The van der Waals surface area contributed by atoms with Gasteiger partial charge in [0.15, 0.2) is 5.96 Å². The fourth-order valence-electron chi connectivity index (χ4n) is 3.78. The molecule has 7 nitrogen and oxygen atoms in total. The Labute approximate surface area is 199 Å². The summed E-state index contributed by atoms with van der Waals surface area (Å²) in [5.41, 5.74) is -0.490. The Morgan fingerprint density at radius 1 is 1.29 bits per heavy atom.